The molecule has 0 atom stereocenters. The second kappa shape index (κ2) is 4.96. The smallest absolute Gasteiger partial charge is 0.274 e. The molecule has 2 aromatic rings. The summed E-state index contributed by atoms with van der Waals surface area (Å²) in [6, 6.07) is 9.89. The second-order valence-corrected chi connectivity index (χ2v) is 4.98. The van der Waals surface area contributed by atoms with Gasteiger partial charge in [0.15, 0.2) is 0 Å². The van der Waals surface area contributed by atoms with Crippen molar-refractivity contribution in [3.8, 4) is 0 Å². The molecule has 1 heterocycles. The molecule has 1 aliphatic rings. The molecule has 0 radical (unpaired) electrons. The van der Waals surface area contributed by atoms with Crippen molar-refractivity contribution in [3.05, 3.63) is 58.5 Å². The van der Waals surface area contributed by atoms with Crippen LogP contribution < -0.4 is 5.43 Å². The molecule has 0 spiro atoms. The largest absolute Gasteiger partial charge is 0.466 e. The predicted octanol–water partition coefficient (Wildman–Crippen LogP) is 2.98. The predicted molar refractivity (Wildman–Crippen MR) is 76.9 cm³/mol. The highest BCUT2D eigenvalue weighted by molar-refractivity contribution is 6.05. The summed E-state index contributed by atoms with van der Waals surface area (Å²) in [6.07, 6.45) is 1.84. The molecule has 0 saturated carbocycles. The summed E-state index contributed by atoms with van der Waals surface area (Å²) >= 11 is 0. The van der Waals surface area contributed by atoms with Crippen LogP contribution in [0, 0.1) is 13.8 Å². The lowest BCUT2D eigenvalue weighted by atomic mass is 10.1. The molecule has 1 amide bonds. The Morgan fingerprint density at radius 3 is 2.80 bits per heavy atom. The molecule has 4 nitrogen and oxygen atoms in total. The van der Waals surface area contributed by atoms with E-state index in [0.717, 1.165) is 29.9 Å². The Morgan fingerprint density at radius 1 is 1.25 bits per heavy atom. The number of amides is 1. The van der Waals surface area contributed by atoms with Gasteiger partial charge in [0, 0.05) is 5.56 Å². The van der Waals surface area contributed by atoms with Gasteiger partial charge >= 0.3 is 0 Å². The minimum absolute atomic E-state index is 0.226. The van der Waals surface area contributed by atoms with Crippen molar-refractivity contribution in [1.29, 1.82) is 0 Å². The quantitative estimate of drug-likeness (QED) is 0.851. The molecule has 20 heavy (non-hydrogen) atoms. The van der Waals surface area contributed by atoms with Crippen LogP contribution in [-0.2, 0) is 6.42 Å². The first kappa shape index (κ1) is 12.7. The van der Waals surface area contributed by atoms with Crippen LogP contribution in [0.3, 0.4) is 0 Å². The minimum atomic E-state index is -0.226. The number of nitrogens with one attached hydrogen (secondary N) is 1. The van der Waals surface area contributed by atoms with Crippen molar-refractivity contribution < 1.29 is 9.21 Å². The zero-order valence-corrected chi connectivity index (χ0v) is 11.6. The SMILES string of the molecule is Cc1cc(C(=O)N/N=C2/CCc3ccccc32)c(C)o1. The maximum Gasteiger partial charge on any atom is 0.274 e. The van der Waals surface area contributed by atoms with E-state index in [-0.39, 0.29) is 5.91 Å². The monoisotopic (exact) mass is 268 g/mol. The van der Waals surface area contributed by atoms with Crippen LogP contribution in [0.25, 0.3) is 0 Å². The van der Waals surface area contributed by atoms with Crippen LogP contribution in [0.2, 0.25) is 0 Å². The van der Waals surface area contributed by atoms with E-state index in [4.69, 9.17) is 4.42 Å². The lowest BCUT2D eigenvalue weighted by Gasteiger charge is -2.01. The maximum atomic E-state index is 12.1. The molecule has 1 aliphatic carbocycles. The average molecular weight is 268 g/mol. The number of furan rings is 1. The number of hydrazone groups is 1. The van der Waals surface area contributed by atoms with Crippen molar-refractivity contribution in [3.63, 3.8) is 0 Å². The van der Waals surface area contributed by atoms with Gasteiger partial charge in [0.2, 0.25) is 0 Å². The molecular weight excluding hydrogens is 252 g/mol. The topological polar surface area (TPSA) is 54.6 Å². The highest BCUT2D eigenvalue weighted by Gasteiger charge is 2.18. The lowest BCUT2D eigenvalue weighted by molar-refractivity contribution is 0.0953. The van der Waals surface area contributed by atoms with Gasteiger partial charge in [-0.2, -0.15) is 5.10 Å². The van der Waals surface area contributed by atoms with Crippen molar-refractivity contribution in [1.82, 2.24) is 5.43 Å². The summed E-state index contributed by atoms with van der Waals surface area (Å²) < 4.78 is 5.35. The van der Waals surface area contributed by atoms with E-state index in [1.165, 1.54) is 5.56 Å². The lowest BCUT2D eigenvalue weighted by Crippen LogP contribution is -2.19. The summed E-state index contributed by atoms with van der Waals surface area (Å²) in [5.41, 5.74) is 6.52. The number of nitrogens with zero attached hydrogens (tertiary/aromatic N) is 1. The highest BCUT2D eigenvalue weighted by Crippen LogP contribution is 2.21. The van der Waals surface area contributed by atoms with Gasteiger partial charge in [0.05, 0.1) is 11.3 Å². The fourth-order valence-corrected chi connectivity index (χ4v) is 2.56. The maximum absolute atomic E-state index is 12.1. The van der Waals surface area contributed by atoms with E-state index in [0.29, 0.717) is 11.3 Å². The molecule has 0 saturated heterocycles. The van der Waals surface area contributed by atoms with Gasteiger partial charge in [-0.15, -0.1) is 0 Å². The number of fused-ring (bicyclic) bond motifs is 1. The summed E-state index contributed by atoms with van der Waals surface area (Å²) in [6.45, 7) is 3.60. The third kappa shape index (κ3) is 2.25. The Bertz CT molecular complexity index is 698. The average Bonchev–Trinajstić information content (AvgIpc) is 2.99. The molecule has 0 bridgehead atoms. The number of rotatable bonds is 2. The van der Waals surface area contributed by atoms with Crippen molar-refractivity contribution >= 4 is 11.6 Å². The van der Waals surface area contributed by atoms with Gasteiger partial charge in [-0.3, -0.25) is 4.79 Å². The zero-order valence-electron chi connectivity index (χ0n) is 11.6. The van der Waals surface area contributed by atoms with Gasteiger partial charge in [0.1, 0.15) is 11.5 Å². The standard InChI is InChI=1S/C16H16N2O2/c1-10-9-14(11(2)20-10)16(19)18-17-15-8-7-12-5-3-4-6-13(12)15/h3-6,9H,7-8H2,1-2H3,(H,18,19)/b17-15-. The second-order valence-electron chi connectivity index (χ2n) is 4.98. The number of aryl methyl sites for hydroxylation is 3. The van der Waals surface area contributed by atoms with Gasteiger partial charge in [0.25, 0.3) is 5.91 Å². The highest BCUT2D eigenvalue weighted by atomic mass is 16.3. The number of carbonyl (C=O) groups excluding carboxylic acids is 1. The fourth-order valence-electron chi connectivity index (χ4n) is 2.56. The third-order valence-electron chi connectivity index (χ3n) is 3.54. The Kier molecular flexibility index (Phi) is 3.14. The molecule has 1 N–H and O–H groups in total. The molecule has 1 aromatic heterocycles. The molecule has 4 heteroatoms. The van der Waals surface area contributed by atoms with E-state index in [1.54, 1.807) is 13.0 Å². The summed E-state index contributed by atoms with van der Waals surface area (Å²) in [5.74, 6) is 1.12. The van der Waals surface area contributed by atoms with Gasteiger partial charge in [-0.25, -0.2) is 5.43 Å². The van der Waals surface area contributed by atoms with Crippen LogP contribution in [-0.4, -0.2) is 11.6 Å². The number of carbonyl (C=O) groups is 1. The Balaban J connectivity index is 1.79. The van der Waals surface area contributed by atoms with Gasteiger partial charge in [-0.1, -0.05) is 24.3 Å². The Morgan fingerprint density at radius 2 is 2.05 bits per heavy atom. The molecule has 102 valence electrons. The fraction of sp³-hybridized carbons (Fsp3) is 0.250. The first-order chi connectivity index (χ1) is 9.65. The van der Waals surface area contributed by atoms with Crippen LogP contribution in [0.5, 0.6) is 0 Å². The van der Waals surface area contributed by atoms with Crippen molar-refractivity contribution in [2.24, 2.45) is 5.10 Å². The van der Waals surface area contributed by atoms with Crippen molar-refractivity contribution in [2.45, 2.75) is 26.7 Å². The van der Waals surface area contributed by atoms with E-state index < -0.39 is 0 Å². The van der Waals surface area contributed by atoms with Crippen LogP contribution in [0.15, 0.2) is 39.9 Å². The molecule has 3 rings (SSSR count). The molecule has 0 unspecified atom stereocenters. The first-order valence-electron chi connectivity index (χ1n) is 6.67. The van der Waals surface area contributed by atoms with Crippen LogP contribution in [0.1, 0.15) is 39.4 Å². The molecule has 1 aromatic carbocycles. The summed E-state index contributed by atoms with van der Waals surface area (Å²) in [7, 11) is 0. The molecule has 0 fully saturated rings. The van der Waals surface area contributed by atoms with Gasteiger partial charge < -0.3 is 4.42 Å². The van der Waals surface area contributed by atoms with E-state index in [2.05, 4.69) is 16.6 Å². The number of benzene rings is 1. The third-order valence-corrected chi connectivity index (χ3v) is 3.54. The normalized spacial score (nSPS) is 15.4. The number of hydrogen-bond donors (Lipinski definition) is 1. The van der Waals surface area contributed by atoms with Gasteiger partial charge in [-0.05, 0) is 38.3 Å². The number of hydrogen-bond acceptors (Lipinski definition) is 3. The Labute approximate surface area is 117 Å². The Hall–Kier alpha value is -2.36. The molecular formula is C16H16N2O2. The molecule has 0 aliphatic heterocycles. The van der Waals surface area contributed by atoms with E-state index in [9.17, 15) is 4.79 Å². The van der Waals surface area contributed by atoms with Crippen LogP contribution in [0.4, 0.5) is 0 Å². The minimum Gasteiger partial charge on any atom is -0.466 e. The zero-order chi connectivity index (χ0) is 14.1. The first-order valence-corrected chi connectivity index (χ1v) is 6.67. The van der Waals surface area contributed by atoms with E-state index >= 15 is 0 Å². The van der Waals surface area contributed by atoms with E-state index in [1.807, 2.05) is 25.1 Å². The van der Waals surface area contributed by atoms with Crippen molar-refractivity contribution in [2.75, 3.05) is 0 Å². The summed E-state index contributed by atoms with van der Waals surface area (Å²) in [4.78, 5) is 12.1. The van der Waals surface area contributed by atoms with Crippen LogP contribution >= 0.6 is 0 Å². The summed E-state index contributed by atoms with van der Waals surface area (Å²) in [5, 5.41) is 4.27.